The average Bonchev–Trinajstić information content (AvgIpc) is 3.02. The van der Waals surface area contributed by atoms with Crippen molar-refractivity contribution in [2.45, 2.75) is 13.3 Å². The zero-order valence-electron chi connectivity index (χ0n) is 13.3. The van der Waals surface area contributed by atoms with Crippen molar-refractivity contribution in [3.8, 4) is 5.75 Å². The number of aromatic amines is 1. The number of amides is 1. The van der Waals surface area contributed by atoms with Gasteiger partial charge in [0, 0.05) is 30.7 Å². The topological polar surface area (TPSA) is 71.2 Å². The van der Waals surface area contributed by atoms with Crippen LogP contribution in [0.3, 0.4) is 0 Å². The summed E-state index contributed by atoms with van der Waals surface area (Å²) in [6.45, 7) is 1.86. The quantitative estimate of drug-likeness (QED) is 0.560. The molecule has 5 heteroatoms. The first-order chi connectivity index (χ1) is 11.6. The summed E-state index contributed by atoms with van der Waals surface area (Å²) >= 11 is 0. The van der Waals surface area contributed by atoms with Gasteiger partial charge in [0.2, 0.25) is 0 Å². The maximum atomic E-state index is 12.2. The zero-order chi connectivity index (χ0) is 16.9. The van der Waals surface area contributed by atoms with Gasteiger partial charge in [-0.25, -0.2) is 0 Å². The van der Waals surface area contributed by atoms with Crippen LogP contribution in [-0.2, 0) is 11.2 Å². The molecule has 2 aromatic carbocycles. The molecule has 3 aromatic rings. The fourth-order valence-electron chi connectivity index (χ4n) is 2.54. The Morgan fingerprint density at radius 1 is 1.12 bits per heavy atom. The van der Waals surface area contributed by atoms with Crippen molar-refractivity contribution in [1.82, 2.24) is 10.3 Å². The second kappa shape index (κ2) is 7.00. The standard InChI is InChI=1S/C19H18N2O3/c1-13(22)24-17-4-2-3-16(12-17)19(23)21-9-7-14-5-6-15-8-10-20-18(15)11-14/h2-6,8,10-12,20H,7,9H2,1H3,(H,21,23). The van der Waals surface area contributed by atoms with Crippen LogP contribution < -0.4 is 10.1 Å². The van der Waals surface area contributed by atoms with Crippen LogP contribution >= 0.6 is 0 Å². The highest BCUT2D eigenvalue weighted by molar-refractivity contribution is 5.94. The van der Waals surface area contributed by atoms with Gasteiger partial charge in [-0.3, -0.25) is 9.59 Å². The van der Waals surface area contributed by atoms with Crippen LogP contribution in [0, 0.1) is 0 Å². The van der Waals surface area contributed by atoms with E-state index in [2.05, 4.69) is 28.5 Å². The molecule has 0 radical (unpaired) electrons. The lowest BCUT2D eigenvalue weighted by Gasteiger charge is -2.07. The number of aromatic nitrogens is 1. The molecule has 1 amide bonds. The molecule has 0 spiro atoms. The lowest BCUT2D eigenvalue weighted by Crippen LogP contribution is -2.25. The number of benzene rings is 2. The minimum absolute atomic E-state index is 0.190. The van der Waals surface area contributed by atoms with E-state index in [4.69, 9.17) is 4.74 Å². The van der Waals surface area contributed by atoms with E-state index >= 15 is 0 Å². The van der Waals surface area contributed by atoms with Gasteiger partial charge in [0.15, 0.2) is 0 Å². The first-order valence-corrected chi connectivity index (χ1v) is 7.74. The largest absolute Gasteiger partial charge is 0.427 e. The van der Waals surface area contributed by atoms with E-state index in [0.29, 0.717) is 17.9 Å². The molecule has 0 aliphatic heterocycles. The fraction of sp³-hybridized carbons (Fsp3) is 0.158. The molecule has 0 unspecified atom stereocenters. The number of nitrogens with one attached hydrogen (secondary N) is 2. The van der Waals surface area contributed by atoms with Gasteiger partial charge in [-0.05, 0) is 47.7 Å². The van der Waals surface area contributed by atoms with E-state index < -0.39 is 5.97 Å². The van der Waals surface area contributed by atoms with Crippen molar-refractivity contribution in [2.75, 3.05) is 6.54 Å². The number of carbonyl (C=O) groups is 2. The van der Waals surface area contributed by atoms with Crippen LogP contribution in [0.2, 0.25) is 0 Å². The first-order valence-electron chi connectivity index (χ1n) is 7.74. The summed E-state index contributed by atoms with van der Waals surface area (Å²) in [7, 11) is 0. The van der Waals surface area contributed by atoms with Crippen LogP contribution in [0.4, 0.5) is 0 Å². The fourth-order valence-corrected chi connectivity index (χ4v) is 2.54. The number of fused-ring (bicyclic) bond motifs is 1. The third-order valence-corrected chi connectivity index (χ3v) is 3.68. The zero-order valence-corrected chi connectivity index (χ0v) is 13.3. The van der Waals surface area contributed by atoms with Gasteiger partial charge in [0.05, 0.1) is 0 Å². The summed E-state index contributed by atoms with van der Waals surface area (Å²) in [4.78, 5) is 26.3. The Bertz CT molecular complexity index is 883. The number of esters is 1. The van der Waals surface area contributed by atoms with E-state index in [0.717, 1.165) is 17.5 Å². The minimum Gasteiger partial charge on any atom is -0.427 e. The molecular formula is C19H18N2O3. The number of carbonyl (C=O) groups excluding carboxylic acids is 2. The smallest absolute Gasteiger partial charge is 0.308 e. The number of hydrogen-bond donors (Lipinski definition) is 2. The summed E-state index contributed by atoms with van der Waals surface area (Å²) in [6, 6.07) is 14.8. The molecule has 0 fully saturated rings. The number of rotatable bonds is 5. The highest BCUT2D eigenvalue weighted by Crippen LogP contribution is 2.15. The highest BCUT2D eigenvalue weighted by atomic mass is 16.5. The normalized spacial score (nSPS) is 10.5. The molecule has 2 N–H and O–H groups in total. The van der Waals surface area contributed by atoms with Gasteiger partial charge in [0.25, 0.3) is 5.91 Å². The van der Waals surface area contributed by atoms with Crippen LogP contribution in [0.15, 0.2) is 54.7 Å². The predicted octanol–water partition coefficient (Wildman–Crippen LogP) is 3.07. The predicted molar refractivity (Wildman–Crippen MR) is 92.1 cm³/mol. The Morgan fingerprint density at radius 2 is 2.00 bits per heavy atom. The van der Waals surface area contributed by atoms with Gasteiger partial charge in [0.1, 0.15) is 5.75 Å². The highest BCUT2D eigenvalue weighted by Gasteiger charge is 2.07. The van der Waals surface area contributed by atoms with E-state index in [1.807, 2.05) is 12.3 Å². The second-order valence-electron chi connectivity index (χ2n) is 5.53. The average molecular weight is 322 g/mol. The maximum absolute atomic E-state index is 12.2. The number of ether oxygens (including phenoxy) is 1. The lowest BCUT2D eigenvalue weighted by atomic mass is 10.1. The van der Waals surface area contributed by atoms with Gasteiger partial charge < -0.3 is 15.0 Å². The van der Waals surface area contributed by atoms with Crippen molar-refractivity contribution in [3.63, 3.8) is 0 Å². The molecule has 0 aliphatic carbocycles. The Kier molecular flexibility index (Phi) is 4.61. The molecule has 0 atom stereocenters. The van der Waals surface area contributed by atoms with Crippen LogP contribution in [-0.4, -0.2) is 23.4 Å². The van der Waals surface area contributed by atoms with Gasteiger partial charge in [-0.1, -0.05) is 18.2 Å². The van der Waals surface area contributed by atoms with Gasteiger partial charge in [-0.2, -0.15) is 0 Å². The molecular weight excluding hydrogens is 304 g/mol. The summed E-state index contributed by atoms with van der Waals surface area (Å²) in [5, 5.41) is 4.05. The number of hydrogen-bond acceptors (Lipinski definition) is 3. The first kappa shape index (κ1) is 15.8. The Hall–Kier alpha value is -3.08. The molecule has 24 heavy (non-hydrogen) atoms. The van der Waals surface area contributed by atoms with Gasteiger partial charge >= 0.3 is 5.97 Å². The van der Waals surface area contributed by atoms with Gasteiger partial charge in [-0.15, -0.1) is 0 Å². The Balaban J connectivity index is 1.58. The van der Waals surface area contributed by atoms with Crippen molar-refractivity contribution < 1.29 is 14.3 Å². The van der Waals surface area contributed by atoms with Crippen LogP contribution in [0.1, 0.15) is 22.8 Å². The SMILES string of the molecule is CC(=O)Oc1cccc(C(=O)NCCc2ccc3cc[nH]c3c2)c1. The summed E-state index contributed by atoms with van der Waals surface area (Å²) < 4.78 is 4.99. The third kappa shape index (κ3) is 3.81. The lowest BCUT2D eigenvalue weighted by molar-refractivity contribution is -0.131. The van der Waals surface area contributed by atoms with Crippen molar-refractivity contribution in [1.29, 1.82) is 0 Å². The Morgan fingerprint density at radius 3 is 2.83 bits per heavy atom. The van der Waals surface area contributed by atoms with Crippen LogP contribution in [0.5, 0.6) is 5.75 Å². The summed E-state index contributed by atoms with van der Waals surface area (Å²) in [5.41, 5.74) is 2.71. The maximum Gasteiger partial charge on any atom is 0.308 e. The third-order valence-electron chi connectivity index (χ3n) is 3.68. The van der Waals surface area contributed by atoms with Crippen molar-refractivity contribution >= 4 is 22.8 Å². The minimum atomic E-state index is -0.410. The molecule has 0 saturated carbocycles. The molecule has 3 rings (SSSR count). The van der Waals surface area contributed by atoms with Crippen LogP contribution in [0.25, 0.3) is 10.9 Å². The Labute approximate surface area is 139 Å². The molecule has 122 valence electrons. The molecule has 0 saturated heterocycles. The van der Waals surface area contributed by atoms with E-state index in [-0.39, 0.29) is 5.91 Å². The van der Waals surface area contributed by atoms with E-state index in [1.54, 1.807) is 24.3 Å². The number of H-pyrrole nitrogens is 1. The molecule has 1 heterocycles. The molecule has 0 bridgehead atoms. The monoisotopic (exact) mass is 322 g/mol. The van der Waals surface area contributed by atoms with E-state index in [1.165, 1.54) is 12.3 Å². The van der Waals surface area contributed by atoms with Crippen molar-refractivity contribution in [3.05, 3.63) is 65.9 Å². The second-order valence-corrected chi connectivity index (χ2v) is 5.53. The summed E-state index contributed by atoms with van der Waals surface area (Å²) in [6.07, 6.45) is 2.65. The summed E-state index contributed by atoms with van der Waals surface area (Å²) in [5.74, 6) is -0.232. The molecule has 0 aliphatic rings. The van der Waals surface area contributed by atoms with E-state index in [9.17, 15) is 9.59 Å². The molecule has 5 nitrogen and oxygen atoms in total. The van der Waals surface area contributed by atoms with Crippen molar-refractivity contribution in [2.24, 2.45) is 0 Å². The molecule has 1 aromatic heterocycles.